The van der Waals surface area contributed by atoms with Crippen LogP contribution in [0.2, 0.25) is 5.02 Å². The molecule has 98 valence electrons. The normalized spacial score (nSPS) is 13.4. The van der Waals surface area contributed by atoms with Gasteiger partial charge in [-0.05, 0) is 19.8 Å². The van der Waals surface area contributed by atoms with Gasteiger partial charge in [0.25, 0.3) is 0 Å². The van der Waals surface area contributed by atoms with Crippen LogP contribution in [0.15, 0.2) is 0 Å². The molecule has 17 heavy (non-hydrogen) atoms. The highest BCUT2D eigenvalue weighted by molar-refractivity contribution is 6.31. The Bertz CT molecular complexity index is 356. The molecule has 1 aromatic heterocycles. The van der Waals surface area contributed by atoms with E-state index in [4.69, 9.17) is 17.3 Å². The average Bonchev–Trinajstić information content (AvgIpc) is 2.58. The van der Waals surface area contributed by atoms with Gasteiger partial charge in [-0.25, -0.2) is 0 Å². The van der Waals surface area contributed by atoms with Gasteiger partial charge in [0.2, 0.25) is 0 Å². The molecule has 0 aliphatic rings. The summed E-state index contributed by atoms with van der Waals surface area (Å²) in [5.41, 5.74) is 8.26. The van der Waals surface area contributed by atoms with Crippen molar-refractivity contribution in [2.75, 3.05) is 0 Å². The zero-order chi connectivity index (χ0) is 13.0. The predicted molar refractivity (Wildman–Crippen MR) is 73.4 cm³/mol. The third-order valence-electron chi connectivity index (χ3n) is 3.54. The highest BCUT2D eigenvalue weighted by Gasteiger charge is 2.20. The molecule has 3 nitrogen and oxygen atoms in total. The molecule has 2 N–H and O–H groups in total. The van der Waals surface area contributed by atoms with Crippen LogP contribution in [0.3, 0.4) is 0 Å². The zero-order valence-corrected chi connectivity index (χ0v) is 12.1. The molecule has 0 saturated carbocycles. The molecule has 0 aliphatic heterocycles. The van der Waals surface area contributed by atoms with E-state index >= 15 is 0 Å². The van der Waals surface area contributed by atoms with Gasteiger partial charge in [0.15, 0.2) is 0 Å². The Morgan fingerprint density at radius 2 is 1.88 bits per heavy atom. The molecule has 0 aromatic carbocycles. The van der Waals surface area contributed by atoms with Crippen molar-refractivity contribution >= 4 is 11.6 Å². The van der Waals surface area contributed by atoms with Crippen LogP contribution in [0, 0.1) is 12.8 Å². The molecule has 4 heteroatoms. The molecule has 1 atom stereocenters. The van der Waals surface area contributed by atoms with E-state index < -0.39 is 0 Å². The third kappa shape index (κ3) is 3.23. The van der Waals surface area contributed by atoms with Crippen molar-refractivity contribution in [3.05, 3.63) is 16.4 Å². The highest BCUT2D eigenvalue weighted by atomic mass is 35.5. The first-order chi connectivity index (χ1) is 8.04. The Labute approximate surface area is 109 Å². The fraction of sp³-hybridized carbons (Fsp3) is 0.769. The molecule has 1 rings (SSSR count). The van der Waals surface area contributed by atoms with Gasteiger partial charge in [-0.2, -0.15) is 5.10 Å². The number of rotatable bonds is 6. The monoisotopic (exact) mass is 257 g/mol. The van der Waals surface area contributed by atoms with E-state index in [1.807, 2.05) is 11.6 Å². The number of aromatic nitrogens is 2. The Balaban J connectivity index is 2.86. The van der Waals surface area contributed by atoms with E-state index in [0.29, 0.717) is 5.92 Å². The van der Waals surface area contributed by atoms with Crippen molar-refractivity contribution in [2.24, 2.45) is 11.7 Å². The summed E-state index contributed by atoms with van der Waals surface area (Å²) in [6.07, 6.45) is 3.06. The van der Waals surface area contributed by atoms with Gasteiger partial charge in [0, 0.05) is 19.0 Å². The average molecular weight is 258 g/mol. The number of halogens is 1. The van der Waals surface area contributed by atoms with E-state index in [1.165, 1.54) is 0 Å². The minimum Gasteiger partial charge on any atom is -0.327 e. The van der Waals surface area contributed by atoms with Crippen molar-refractivity contribution in [1.29, 1.82) is 0 Å². The van der Waals surface area contributed by atoms with Gasteiger partial charge < -0.3 is 5.73 Å². The number of nitrogens with two attached hydrogens (primary N) is 1. The van der Waals surface area contributed by atoms with Gasteiger partial charge in [-0.15, -0.1) is 0 Å². The summed E-state index contributed by atoms with van der Waals surface area (Å²) in [6.45, 7) is 9.25. The molecular formula is C13H24ClN3. The maximum absolute atomic E-state index is 6.29. The quantitative estimate of drug-likeness (QED) is 0.851. The van der Waals surface area contributed by atoms with Crippen LogP contribution < -0.4 is 5.73 Å². The maximum Gasteiger partial charge on any atom is 0.0847 e. The molecule has 0 saturated heterocycles. The van der Waals surface area contributed by atoms with E-state index in [9.17, 15) is 0 Å². The van der Waals surface area contributed by atoms with Gasteiger partial charge in [0.05, 0.1) is 16.4 Å². The first-order valence-electron chi connectivity index (χ1n) is 6.52. The summed E-state index contributed by atoms with van der Waals surface area (Å²) < 4.78 is 1.97. The van der Waals surface area contributed by atoms with Crippen LogP contribution in [-0.4, -0.2) is 15.8 Å². The summed E-state index contributed by atoms with van der Waals surface area (Å²) >= 11 is 6.29. The van der Waals surface area contributed by atoms with Crippen molar-refractivity contribution in [1.82, 2.24) is 9.78 Å². The Hall–Kier alpha value is -0.540. The summed E-state index contributed by atoms with van der Waals surface area (Å²) in [6, 6.07) is 0.170. The second-order valence-electron chi connectivity index (χ2n) is 4.61. The maximum atomic E-state index is 6.29. The second kappa shape index (κ2) is 6.41. The summed E-state index contributed by atoms with van der Waals surface area (Å²) in [7, 11) is 0. The molecule has 1 heterocycles. The summed E-state index contributed by atoms with van der Waals surface area (Å²) in [5.74, 6) is 0.562. The smallest absolute Gasteiger partial charge is 0.0847 e. The second-order valence-corrected chi connectivity index (χ2v) is 4.98. The predicted octanol–water partition coefficient (Wildman–Crippen LogP) is 3.17. The van der Waals surface area contributed by atoms with Crippen LogP contribution in [0.1, 0.15) is 45.0 Å². The topological polar surface area (TPSA) is 43.8 Å². The van der Waals surface area contributed by atoms with E-state index in [-0.39, 0.29) is 6.04 Å². The first kappa shape index (κ1) is 14.5. The largest absolute Gasteiger partial charge is 0.327 e. The SMILES string of the molecule is CCC(CC)C(N)Cc1c(Cl)c(C)nn1CC. The lowest BCUT2D eigenvalue weighted by atomic mass is 9.91. The lowest BCUT2D eigenvalue weighted by Gasteiger charge is -2.21. The van der Waals surface area contributed by atoms with E-state index in [2.05, 4.69) is 25.9 Å². The number of aryl methyl sites for hydroxylation is 2. The van der Waals surface area contributed by atoms with E-state index in [1.54, 1.807) is 0 Å². The van der Waals surface area contributed by atoms with Crippen LogP contribution in [0.4, 0.5) is 0 Å². The molecular weight excluding hydrogens is 234 g/mol. The Morgan fingerprint density at radius 1 is 1.29 bits per heavy atom. The van der Waals surface area contributed by atoms with Crippen LogP contribution >= 0.6 is 11.6 Å². The first-order valence-corrected chi connectivity index (χ1v) is 6.90. The minimum absolute atomic E-state index is 0.170. The molecule has 0 spiro atoms. The summed E-state index contributed by atoms with van der Waals surface area (Å²) in [5, 5.41) is 5.21. The number of nitrogens with zero attached hydrogens (tertiary/aromatic N) is 2. The van der Waals surface area contributed by atoms with Gasteiger partial charge in [-0.3, -0.25) is 4.68 Å². The van der Waals surface area contributed by atoms with Gasteiger partial charge >= 0.3 is 0 Å². The lowest BCUT2D eigenvalue weighted by Crippen LogP contribution is -2.32. The van der Waals surface area contributed by atoms with Gasteiger partial charge in [0.1, 0.15) is 0 Å². The molecule has 0 aliphatic carbocycles. The van der Waals surface area contributed by atoms with Crippen molar-refractivity contribution in [3.63, 3.8) is 0 Å². The van der Waals surface area contributed by atoms with Crippen LogP contribution in [0.5, 0.6) is 0 Å². The fourth-order valence-electron chi connectivity index (χ4n) is 2.35. The third-order valence-corrected chi connectivity index (χ3v) is 4.03. The highest BCUT2D eigenvalue weighted by Crippen LogP contribution is 2.24. The number of hydrogen-bond donors (Lipinski definition) is 1. The van der Waals surface area contributed by atoms with Gasteiger partial charge in [-0.1, -0.05) is 38.3 Å². The zero-order valence-electron chi connectivity index (χ0n) is 11.3. The van der Waals surface area contributed by atoms with Crippen molar-refractivity contribution in [2.45, 2.75) is 59.5 Å². The molecule has 0 radical (unpaired) electrons. The molecule has 0 amide bonds. The van der Waals surface area contributed by atoms with Crippen molar-refractivity contribution in [3.8, 4) is 0 Å². The van der Waals surface area contributed by atoms with Crippen molar-refractivity contribution < 1.29 is 0 Å². The number of hydrogen-bond acceptors (Lipinski definition) is 2. The summed E-state index contributed by atoms with van der Waals surface area (Å²) in [4.78, 5) is 0. The molecule has 0 fully saturated rings. The van der Waals surface area contributed by atoms with E-state index in [0.717, 1.165) is 42.2 Å². The van der Waals surface area contributed by atoms with Crippen LogP contribution in [-0.2, 0) is 13.0 Å². The Morgan fingerprint density at radius 3 is 2.35 bits per heavy atom. The lowest BCUT2D eigenvalue weighted by molar-refractivity contribution is 0.386. The molecule has 1 unspecified atom stereocenters. The fourth-order valence-corrected chi connectivity index (χ4v) is 2.56. The molecule has 1 aromatic rings. The standard InChI is InChI=1S/C13H24ClN3/c1-5-10(6-2)11(15)8-12-13(14)9(4)16-17(12)7-3/h10-11H,5-8,15H2,1-4H3. The molecule has 0 bridgehead atoms. The minimum atomic E-state index is 0.170. The Kier molecular flexibility index (Phi) is 5.47. The van der Waals surface area contributed by atoms with Crippen LogP contribution in [0.25, 0.3) is 0 Å².